The highest BCUT2D eigenvalue weighted by molar-refractivity contribution is 7.98. The third-order valence-electron chi connectivity index (χ3n) is 3.57. The normalized spacial score (nSPS) is 11.5. The minimum atomic E-state index is -4.72. The van der Waals surface area contributed by atoms with E-state index in [0.717, 1.165) is 10.4 Å². The van der Waals surface area contributed by atoms with Gasteiger partial charge in [0.05, 0.1) is 4.88 Å². The second kappa shape index (κ2) is 8.65. The third kappa shape index (κ3) is 5.49. The summed E-state index contributed by atoms with van der Waals surface area (Å²) in [5.41, 5.74) is 6.05. The molecule has 0 unspecified atom stereocenters. The van der Waals surface area contributed by atoms with Gasteiger partial charge in [-0.1, -0.05) is 30.0 Å². The highest BCUT2D eigenvalue weighted by Crippen LogP contribution is 2.30. The van der Waals surface area contributed by atoms with Gasteiger partial charge in [0, 0.05) is 18.7 Å². The van der Waals surface area contributed by atoms with Gasteiger partial charge in [0.25, 0.3) is 0 Å². The molecule has 1 amide bonds. The molecule has 0 atom stereocenters. The topological polar surface area (TPSA) is 83.0 Å². The summed E-state index contributed by atoms with van der Waals surface area (Å²) in [5, 5.41) is 10.9. The lowest BCUT2D eigenvalue weighted by Gasteiger charge is -2.10. The highest BCUT2D eigenvalue weighted by atomic mass is 32.2. The number of nitrogens with zero attached hydrogens (tertiary/aromatic N) is 3. The van der Waals surface area contributed by atoms with Crippen LogP contribution in [0.25, 0.3) is 10.7 Å². The van der Waals surface area contributed by atoms with Crippen molar-refractivity contribution in [2.75, 3.05) is 0 Å². The van der Waals surface area contributed by atoms with Crippen molar-refractivity contribution >= 4 is 29.0 Å². The fraction of sp³-hybridized carbons (Fsp3) is 0.235. The van der Waals surface area contributed by atoms with Crippen LogP contribution in [0.2, 0.25) is 0 Å². The number of benzene rings is 1. The molecule has 2 N–H and O–H groups in total. The molecule has 2 aromatic heterocycles. The Kier molecular flexibility index (Phi) is 6.25. The largest absolute Gasteiger partial charge is 0.573 e. The quantitative estimate of drug-likeness (QED) is 0.547. The molecular weight excluding hydrogens is 413 g/mol. The number of amides is 1. The van der Waals surface area contributed by atoms with Crippen molar-refractivity contribution in [3.63, 3.8) is 0 Å². The second-order valence-corrected chi connectivity index (χ2v) is 7.52. The number of carbonyl (C=O) groups is 1. The van der Waals surface area contributed by atoms with E-state index in [-0.39, 0.29) is 12.2 Å². The van der Waals surface area contributed by atoms with Crippen LogP contribution in [0.5, 0.6) is 5.75 Å². The number of carbonyl (C=O) groups excluding carboxylic acids is 1. The Morgan fingerprint density at radius 2 is 1.96 bits per heavy atom. The number of hydrogen-bond acceptors (Lipinski definition) is 6. The first-order valence-electron chi connectivity index (χ1n) is 8.05. The summed E-state index contributed by atoms with van der Waals surface area (Å²) in [7, 11) is 0. The van der Waals surface area contributed by atoms with E-state index in [0.29, 0.717) is 23.3 Å². The van der Waals surface area contributed by atoms with Crippen molar-refractivity contribution in [2.24, 2.45) is 5.73 Å². The zero-order valence-electron chi connectivity index (χ0n) is 14.3. The SMILES string of the molecule is NC(=O)CCn1c(SCc2ccc(OC(F)(F)F)cc2)nnc1-c1cccs1. The summed E-state index contributed by atoms with van der Waals surface area (Å²) in [4.78, 5) is 12.1. The van der Waals surface area contributed by atoms with Crippen LogP contribution in [0, 0.1) is 0 Å². The number of thiophene rings is 1. The van der Waals surface area contributed by atoms with Crippen LogP contribution in [0.15, 0.2) is 46.9 Å². The van der Waals surface area contributed by atoms with Gasteiger partial charge in [-0.25, -0.2) is 0 Å². The molecule has 3 aromatic rings. The van der Waals surface area contributed by atoms with Crippen LogP contribution < -0.4 is 10.5 Å². The standard InChI is InChI=1S/C17H15F3N4O2S2/c18-17(19,20)26-12-5-3-11(4-6-12)10-28-16-23-22-15(13-2-1-9-27-13)24(16)8-7-14(21)25/h1-6,9H,7-8,10H2,(H2,21,25). The maximum atomic E-state index is 12.2. The molecule has 3 rings (SSSR count). The maximum absolute atomic E-state index is 12.2. The predicted molar refractivity (Wildman–Crippen MR) is 99.8 cm³/mol. The van der Waals surface area contributed by atoms with Crippen molar-refractivity contribution in [1.82, 2.24) is 14.8 Å². The fourth-order valence-corrected chi connectivity index (χ4v) is 3.98. The number of halogens is 3. The molecule has 6 nitrogen and oxygen atoms in total. The van der Waals surface area contributed by atoms with Gasteiger partial charge < -0.3 is 15.0 Å². The van der Waals surface area contributed by atoms with E-state index in [1.807, 2.05) is 22.1 Å². The van der Waals surface area contributed by atoms with E-state index in [1.54, 1.807) is 12.1 Å². The molecule has 11 heteroatoms. The van der Waals surface area contributed by atoms with Crippen LogP contribution in [-0.4, -0.2) is 27.0 Å². The molecule has 28 heavy (non-hydrogen) atoms. The lowest BCUT2D eigenvalue weighted by atomic mass is 10.2. The average molecular weight is 428 g/mol. The van der Waals surface area contributed by atoms with Crippen LogP contribution in [-0.2, 0) is 17.1 Å². The molecular formula is C17H15F3N4O2S2. The predicted octanol–water partition coefficient (Wildman–Crippen LogP) is 4.07. The molecule has 0 aliphatic heterocycles. The van der Waals surface area contributed by atoms with Crippen LogP contribution in [0.3, 0.4) is 0 Å². The number of hydrogen-bond donors (Lipinski definition) is 1. The first-order chi connectivity index (χ1) is 13.3. The number of rotatable bonds is 8. The molecule has 1 aromatic carbocycles. The lowest BCUT2D eigenvalue weighted by molar-refractivity contribution is -0.274. The molecule has 0 saturated heterocycles. The number of aromatic nitrogens is 3. The molecule has 0 spiro atoms. The van der Waals surface area contributed by atoms with E-state index in [1.165, 1.54) is 35.2 Å². The van der Waals surface area contributed by atoms with Gasteiger partial charge in [-0.05, 0) is 29.1 Å². The molecule has 0 saturated carbocycles. The van der Waals surface area contributed by atoms with Crippen molar-refractivity contribution in [3.05, 3.63) is 47.3 Å². The van der Waals surface area contributed by atoms with E-state index >= 15 is 0 Å². The minimum absolute atomic E-state index is 0.146. The van der Waals surface area contributed by atoms with Crippen molar-refractivity contribution < 1.29 is 22.7 Å². The van der Waals surface area contributed by atoms with Crippen LogP contribution in [0.1, 0.15) is 12.0 Å². The van der Waals surface area contributed by atoms with Crippen molar-refractivity contribution in [1.29, 1.82) is 0 Å². The summed E-state index contributed by atoms with van der Waals surface area (Å²) in [6.07, 6.45) is -4.57. The van der Waals surface area contributed by atoms with Gasteiger partial charge in [-0.2, -0.15) is 0 Å². The maximum Gasteiger partial charge on any atom is 0.573 e. The number of ether oxygens (including phenoxy) is 1. The number of primary amides is 1. The number of alkyl halides is 3. The van der Waals surface area contributed by atoms with E-state index in [2.05, 4.69) is 14.9 Å². The summed E-state index contributed by atoms with van der Waals surface area (Å²) < 4.78 is 42.4. The summed E-state index contributed by atoms with van der Waals surface area (Å²) >= 11 is 2.87. The van der Waals surface area contributed by atoms with E-state index in [9.17, 15) is 18.0 Å². The third-order valence-corrected chi connectivity index (χ3v) is 5.47. The van der Waals surface area contributed by atoms with Crippen molar-refractivity contribution in [3.8, 4) is 16.5 Å². The Hall–Kier alpha value is -2.53. The van der Waals surface area contributed by atoms with Gasteiger partial charge in [0.1, 0.15) is 5.75 Å². The average Bonchev–Trinajstić information content (AvgIpc) is 3.27. The molecule has 0 bridgehead atoms. The Bertz CT molecular complexity index is 925. The number of thioether (sulfide) groups is 1. The molecule has 2 heterocycles. The van der Waals surface area contributed by atoms with Crippen LogP contribution >= 0.6 is 23.1 Å². The molecule has 148 valence electrons. The highest BCUT2D eigenvalue weighted by Gasteiger charge is 2.30. The lowest BCUT2D eigenvalue weighted by Crippen LogP contribution is -2.17. The first kappa shape index (κ1) is 20.2. The van der Waals surface area contributed by atoms with Crippen LogP contribution in [0.4, 0.5) is 13.2 Å². The monoisotopic (exact) mass is 428 g/mol. The van der Waals surface area contributed by atoms with Gasteiger partial charge in [-0.3, -0.25) is 4.79 Å². The Balaban J connectivity index is 1.72. The minimum Gasteiger partial charge on any atom is -0.406 e. The smallest absolute Gasteiger partial charge is 0.406 e. The summed E-state index contributed by atoms with van der Waals surface area (Å²) in [6.45, 7) is 0.344. The van der Waals surface area contributed by atoms with E-state index in [4.69, 9.17) is 5.73 Å². The Morgan fingerprint density at radius 3 is 2.57 bits per heavy atom. The zero-order valence-corrected chi connectivity index (χ0v) is 16.0. The Labute approximate surface area is 166 Å². The van der Waals surface area contributed by atoms with Gasteiger partial charge >= 0.3 is 6.36 Å². The van der Waals surface area contributed by atoms with Gasteiger partial charge in [-0.15, -0.1) is 34.7 Å². The van der Waals surface area contributed by atoms with Gasteiger partial charge in [0.2, 0.25) is 5.91 Å². The summed E-state index contributed by atoms with van der Waals surface area (Å²) in [5.74, 6) is 0.409. The molecule has 0 radical (unpaired) electrons. The zero-order chi connectivity index (χ0) is 20.1. The molecule has 0 aliphatic rings. The first-order valence-corrected chi connectivity index (χ1v) is 9.91. The molecule has 0 fully saturated rings. The fourth-order valence-electron chi connectivity index (χ4n) is 2.34. The Morgan fingerprint density at radius 1 is 1.21 bits per heavy atom. The number of nitrogens with two attached hydrogens (primary N) is 1. The van der Waals surface area contributed by atoms with Gasteiger partial charge in [0.15, 0.2) is 11.0 Å². The van der Waals surface area contributed by atoms with E-state index < -0.39 is 12.3 Å². The summed E-state index contributed by atoms with van der Waals surface area (Å²) in [6, 6.07) is 9.43. The second-order valence-electron chi connectivity index (χ2n) is 5.63. The molecule has 0 aliphatic carbocycles. The van der Waals surface area contributed by atoms with Crippen molar-refractivity contribution in [2.45, 2.75) is 30.2 Å².